The molecule has 10 nitrogen and oxygen atoms in total. The number of carbonyl (C=O) groups is 2. The molecule has 0 bridgehead atoms. The molecule has 1 aromatic carbocycles. The first-order chi connectivity index (χ1) is 16.1. The Balaban J connectivity index is 1.22. The lowest BCUT2D eigenvalue weighted by molar-refractivity contribution is -0.120. The number of ether oxygens (including phenoxy) is 1. The van der Waals surface area contributed by atoms with Gasteiger partial charge in [0.15, 0.2) is 0 Å². The van der Waals surface area contributed by atoms with E-state index in [9.17, 15) is 9.59 Å². The number of nitrogens with one attached hydrogen (secondary N) is 2. The van der Waals surface area contributed by atoms with E-state index in [0.717, 1.165) is 43.1 Å². The lowest BCUT2D eigenvalue weighted by Gasteiger charge is -2.19. The zero-order chi connectivity index (χ0) is 22.8. The summed E-state index contributed by atoms with van der Waals surface area (Å²) in [6.45, 7) is 2.10. The number of H-pyrrole nitrogens is 1. The molecule has 1 saturated heterocycles. The molecule has 0 radical (unpaired) electrons. The molecule has 33 heavy (non-hydrogen) atoms. The highest BCUT2D eigenvalue weighted by atomic mass is 16.5. The molecule has 5 rings (SSSR count). The number of carbonyl (C=O) groups excluding carboxylic acids is 2. The van der Waals surface area contributed by atoms with E-state index in [1.807, 2.05) is 41.1 Å². The van der Waals surface area contributed by atoms with Crippen molar-refractivity contribution in [3.63, 3.8) is 0 Å². The van der Waals surface area contributed by atoms with Crippen molar-refractivity contribution in [2.45, 2.75) is 38.3 Å². The van der Waals surface area contributed by atoms with Crippen molar-refractivity contribution in [3.05, 3.63) is 59.3 Å². The van der Waals surface area contributed by atoms with E-state index in [2.05, 4.69) is 20.5 Å². The smallest absolute Gasteiger partial charge is 0.291 e. The largest absolute Gasteiger partial charge is 0.381 e. The van der Waals surface area contributed by atoms with E-state index >= 15 is 0 Å². The molecule has 0 spiro atoms. The number of hydrogen-bond donors (Lipinski definition) is 2. The second kappa shape index (κ2) is 9.14. The standard InChI is InChI=1S/C23H27N7O3/c1-29-20-13-17(11-16-8-10-33-14-16)28-30(20)9-7-18(23(29)32)24-22(31)21-25-19(26-27-21)12-15-5-3-2-4-6-15/h2-6,13,16,18H,7-12,14H2,1H3,(H,24,31)(H,25,26,27). The highest BCUT2D eigenvalue weighted by Gasteiger charge is 2.32. The summed E-state index contributed by atoms with van der Waals surface area (Å²) in [5, 5.41) is 14.3. The van der Waals surface area contributed by atoms with E-state index in [4.69, 9.17) is 9.84 Å². The minimum absolute atomic E-state index is 0.0273. The number of rotatable bonds is 6. The summed E-state index contributed by atoms with van der Waals surface area (Å²) in [6.07, 6.45) is 2.87. The molecule has 4 heterocycles. The Bertz CT molecular complexity index is 1130. The van der Waals surface area contributed by atoms with Crippen LogP contribution in [0.25, 0.3) is 0 Å². The summed E-state index contributed by atoms with van der Waals surface area (Å²) in [6, 6.07) is 11.1. The highest BCUT2D eigenvalue weighted by molar-refractivity contribution is 6.00. The van der Waals surface area contributed by atoms with Gasteiger partial charge in [-0.2, -0.15) is 5.10 Å². The molecular weight excluding hydrogens is 422 g/mol. The minimum atomic E-state index is -0.674. The molecule has 2 unspecified atom stereocenters. The maximum atomic E-state index is 13.1. The number of nitrogens with zero attached hydrogens (tertiary/aromatic N) is 5. The van der Waals surface area contributed by atoms with E-state index in [-0.39, 0.29) is 11.7 Å². The molecule has 0 aliphatic carbocycles. The number of anilines is 1. The number of amides is 2. The van der Waals surface area contributed by atoms with Crippen molar-refractivity contribution >= 4 is 17.6 Å². The zero-order valence-corrected chi connectivity index (χ0v) is 18.5. The molecule has 0 saturated carbocycles. The minimum Gasteiger partial charge on any atom is -0.381 e. The predicted octanol–water partition coefficient (Wildman–Crippen LogP) is 1.34. The fraction of sp³-hybridized carbons (Fsp3) is 0.435. The number of hydrogen-bond acceptors (Lipinski definition) is 6. The molecule has 2 atom stereocenters. The number of fused-ring (bicyclic) bond motifs is 1. The van der Waals surface area contributed by atoms with Gasteiger partial charge < -0.3 is 10.1 Å². The van der Waals surface area contributed by atoms with E-state index < -0.39 is 11.9 Å². The van der Waals surface area contributed by atoms with Gasteiger partial charge in [0.1, 0.15) is 17.7 Å². The van der Waals surface area contributed by atoms with E-state index in [0.29, 0.717) is 31.1 Å². The van der Waals surface area contributed by atoms with Crippen molar-refractivity contribution in [1.82, 2.24) is 30.3 Å². The van der Waals surface area contributed by atoms with Crippen LogP contribution in [0.5, 0.6) is 0 Å². The number of benzene rings is 1. The molecular formula is C23H27N7O3. The second-order valence-corrected chi connectivity index (χ2v) is 8.63. The Morgan fingerprint density at radius 2 is 2.12 bits per heavy atom. The second-order valence-electron chi connectivity index (χ2n) is 8.63. The van der Waals surface area contributed by atoms with Gasteiger partial charge in [-0.1, -0.05) is 30.3 Å². The Hall–Kier alpha value is -3.53. The van der Waals surface area contributed by atoms with Gasteiger partial charge in [-0.3, -0.25) is 19.6 Å². The van der Waals surface area contributed by atoms with E-state index in [1.165, 1.54) is 0 Å². The van der Waals surface area contributed by atoms with Crippen LogP contribution in [-0.2, 0) is 28.9 Å². The fourth-order valence-corrected chi connectivity index (χ4v) is 4.38. The summed E-state index contributed by atoms with van der Waals surface area (Å²) in [7, 11) is 1.72. The molecule has 2 aromatic heterocycles. The Morgan fingerprint density at radius 3 is 2.91 bits per heavy atom. The van der Waals surface area contributed by atoms with Gasteiger partial charge in [0.2, 0.25) is 5.82 Å². The number of aromatic nitrogens is 5. The summed E-state index contributed by atoms with van der Waals surface area (Å²) < 4.78 is 7.30. The SMILES string of the molecule is CN1C(=O)C(NC(=O)c2n[nH]c(Cc3ccccc3)n2)CCn2nc(CC3CCOC3)cc21. The predicted molar refractivity (Wildman–Crippen MR) is 120 cm³/mol. The van der Waals surface area contributed by atoms with Crippen LogP contribution in [-0.4, -0.2) is 63.1 Å². The van der Waals surface area contributed by atoms with Crippen LogP contribution in [0.15, 0.2) is 36.4 Å². The van der Waals surface area contributed by atoms with Gasteiger partial charge in [0, 0.05) is 39.3 Å². The van der Waals surface area contributed by atoms with Gasteiger partial charge in [-0.25, -0.2) is 9.67 Å². The summed E-state index contributed by atoms with van der Waals surface area (Å²) in [5.74, 6) is 1.19. The van der Waals surface area contributed by atoms with Crippen LogP contribution in [0.2, 0.25) is 0 Å². The van der Waals surface area contributed by atoms with Gasteiger partial charge in [0.05, 0.1) is 5.69 Å². The van der Waals surface area contributed by atoms with Crippen LogP contribution in [0.4, 0.5) is 5.82 Å². The van der Waals surface area contributed by atoms with Gasteiger partial charge in [0.25, 0.3) is 11.8 Å². The molecule has 2 N–H and O–H groups in total. The number of aromatic amines is 1. The van der Waals surface area contributed by atoms with Crippen molar-refractivity contribution < 1.29 is 14.3 Å². The first-order valence-electron chi connectivity index (χ1n) is 11.2. The lowest BCUT2D eigenvalue weighted by atomic mass is 10.0. The van der Waals surface area contributed by atoms with Gasteiger partial charge in [-0.05, 0) is 30.7 Å². The highest BCUT2D eigenvalue weighted by Crippen LogP contribution is 2.24. The molecule has 2 aliphatic heterocycles. The average Bonchev–Trinajstić information content (AvgIpc) is 3.57. The third-order valence-electron chi connectivity index (χ3n) is 6.19. The Morgan fingerprint density at radius 1 is 1.27 bits per heavy atom. The normalized spacial score (nSPS) is 20.5. The quantitative estimate of drug-likeness (QED) is 0.586. The number of aryl methyl sites for hydroxylation is 1. The number of likely N-dealkylation sites (N-methyl/N-ethyl adjacent to an activating group) is 1. The molecule has 3 aromatic rings. The molecule has 2 amide bonds. The van der Waals surface area contributed by atoms with Crippen LogP contribution in [0, 0.1) is 5.92 Å². The van der Waals surface area contributed by atoms with Gasteiger partial charge >= 0.3 is 0 Å². The molecule has 2 aliphatic rings. The summed E-state index contributed by atoms with van der Waals surface area (Å²) >= 11 is 0. The third kappa shape index (κ3) is 4.65. The first kappa shape index (κ1) is 21.3. The van der Waals surface area contributed by atoms with E-state index in [1.54, 1.807) is 11.9 Å². The average molecular weight is 450 g/mol. The van der Waals surface area contributed by atoms with Crippen molar-refractivity contribution in [2.75, 3.05) is 25.2 Å². The summed E-state index contributed by atoms with van der Waals surface area (Å²) in [5.41, 5.74) is 2.03. The van der Waals surface area contributed by atoms with Crippen molar-refractivity contribution in [1.29, 1.82) is 0 Å². The zero-order valence-electron chi connectivity index (χ0n) is 18.5. The molecule has 10 heteroatoms. The Labute approximate surface area is 191 Å². The molecule has 1 fully saturated rings. The lowest BCUT2D eigenvalue weighted by Crippen LogP contribution is -2.47. The van der Waals surface area contributed by atoms with Crippen LogP contribution >= 0.6 is 0 Å². The fourth-order valence-electron chi connectivity index (χ4n) is 4.38. The Kier molecular flexibility index (Phi) is 5.91. The maximum Gasteiger partial charge on any atom is 0.291 e. The van der Waals surface area contributed by atoms with Crippen LogP contribution < -0.4 is 10.2 Å². The molecule has 172 valence electrons. The topological polar surface area (TPSA) is 118 Å². The van der Waals surface area contributed by atoms with Gasteiger partial charge in [-0.15, -0.1) is 5.10 Å². The third-order valence-corrected chi connectivity index (χ3v) is 6.19. The van der Waals surface area contributed by atoms with Crippen molar-refractivity contribution in [2.24, 2.45) is 5.92 Å². The summed E-state index contributed by atoms with van der Waals surface area (Å²) in [4.78, 5) is 31.7. The monoisotopic (exact) mass is 449 g/mol. The van der Waals surface area contributed by atoms with Crippen LogP contribution in [0.3, 0.4) is 0 Å². The van der Waals surface area contributed by atoms with Crippen LogP contribution in [0.1, 0.15) is 40.5 Å². The maximum absolute atomic E-state index is 13.1. The van der Waals surface area contributed by atoms with Crippen molar-refractivity contribution in [3.8, 4) is 0 Å². The first-order valence-corrected chi connectivity index (χ1v) is 11.2.